The average molecular weight is 398 g/mol. The summed E-state index contributed by atoms with van der Waals surface area (Å²) in [7, 11) is 0. The summed E-state index contributed by atoms with van der Waals surface area (Å²) < 4.78 is 18.5. The van der Waals surface area contributed by atoms with Gasteiger partial charge in [0, 0.05) is 12.1 Å². The number of benzene rings is 2. The van der Waals surface area contributed by atoms with Crippen molar-refractivity contribution in [2.75, 3.05) is 13.4 Å². The van der Waals surface area contributed by atoms with Gasteiger partial charge in [-0.15, -0.1) is 0 Å². The molecular formula is C20H18N2O5S. The number of esters is 1. The van der Waals surface area contributed by atoms with Gasteiger partial charge in [0.15, 0.2) is 16.3 Å². The third kappa shape index (κ3) is 3.77. The summed E-state index contributed by atoms with van der Waals surface area (Å²) >= 11 is 1.32. The number of hydrogen-bond acceptors (Lipinski definition) is 6. The maximum absolute atomic E-state index is 12.5. The van der Waals surface area contributed by atoms with E-state index in [4.69, 9.17) is 14.2 Å². The van der Waals surface area contributed by atoms with Crippen LogP contribution in [0.4, 0.5) is 0 Å². The second-order valence-electron chi connectivity index (χ2n) is 6.12. The molecule has 0 N–H and O–H groups in total. The number of hydrogen-bond donors (Lipinski definition) is 0. The zero-order valence-electron chi connectivity index (χ0n) is 15.2. The molecule has 1 amide bonds. The van der Waals surface area contributed by atoms with E-state index in [1.165, 1.54) is 11.3 Å². The number of ether oxygens (including phenoxy) is 3. The van der Waals surface area contributed by atoms with Crippen LogP contribution in [0.2, 0.25) is 0 Å². The molecule has 1 aliphatic rings. The van der Waals surface area contributed by atoms with Gasteiger partial charge in [-0.25, -0.2) is 0 Å². The van der Waals surface area contributed by atoms with Crippen LogP contribution in [0.25, 0.3) is 10.2 Å². The van der Waals surface area contributed by atoms with Crippen molar-refractivity contribution >= 4 is 33.4 Å². The van der Waals surface area contributed by atoms with Crippen molar-refractivity contribution in [1.29, 1.82) is 0 Å². The molecule has 2 heterocycles. The minimum absolute atomic E-state index is 0.0368. The standard InChI is InChI=1S/C20H18N2O5S/c1-2-25-19(24)11-22-14-9-15-16(27-12-26-15)10-17(14)28-20(22)21-18(23)8-13-6-4-3-5-7-13/h3-7,9-10H,2,8,11-12H2,1H3. The van der Waals surface area contributed by atoms with Crippen LogP contribution in [-0.2, 0) is 27.3 Å². The van der Waals surface area contributed by atoms with E-state index in [9.17, 15) is 9.59 Å². The molecule has 144 valence electrons. The minimum Gasteiger partial charge on any atom is -0.465 e. The van der Waals surface area contributed by atoms with Crippen molar-refractivity contribution in [3.05, 3.63) is 52.8 Å². The molecule has 0 saturated heterocycles. The van der Waals surface area contributed by atoms with E-state index in [1.807, 2.05) is 36.4 Å². The highest BCUT2D eigenvalue weighted by Gasteiger charge is 2.19. The quantitative estimate of drug-likeness (QED) is 0.618. The molecule has 0 radical (unpaired) electrons. The van der Waals surface area contributed by atoms with Gasteiger partial charge in [-0.05, 0) is 12.5 Å². The zero-order chi connectivity index (χ0) is 19.5. The zero-order valence-corrected chi connectivity index (χ0v) is 16.0. The molecule has 1 aliphatic heterocycles. The fourth-order valence-corrected chi connectivity index (χ4v) is 4.01. The van der Waals surface area contributed by atoms with Crippen LogP contribution >= 0.6 is 11.3 Å². The van der Waals surface area contributed by atoms with Gasteiger partial charge in [0.2, 0.25) is 6.79 Å². The first-order valence-electron chi connectivity index (χ1n) is 8.84. The topological polar surface area (TPSA) is 79.1 Å². The lowest BCUT2D eigenvalue weighted by atomic mass is 10.1. The molecule has 0 saturated carbocycles. The maximum atomic E-state index is 12.5. The Morgan fingerprint density at radius 3 is 2.68 bits per heavy atom. The Labute approximate surface area is 164 Å². The van der Waals surface area contributed by atoms with E-state index in [0.717, 1.165) is 15.8 Å². The van der Waals surface area contributed by atoms with Gasteiger partial charge in [0.25, 0.3) is 5.91 Å². The monoisotopic (exact) mass is 398 g/mol. The molecule has 1 aromatic heterocycles. The fourth-order valence-electron chi connectivity index (χ4n) is 2.95. The Bertz CT molecular complexity index is 1100. The molecule has 3 aromatic rings. The lowest BCUT2D eigenvalue weighted by Crippen LogP contribution is -2.23. The summed E-state index contributed by atoms with van der Waals surface area (Å²) in [6, 6.07) is 13.1. The first-order valence-corrected chi connectivity index (χ1v) is 9.66. The SMILES string of the molecule is CCOC(=O)Cn1c(=NC(=O)Cc2ccccc2)sc2cc3c(cc21)OCO3. The van der Waals surface area contributed by atoms with Crippen LogP contribution in [0, 0.1) is 0 Å². The van der Waals surface area contributed by atoms with Gasteiger partial charge < -0.3 is 18.8 Å². The number of amides is 1. The number of carbonyl (C=O) groups is 2. The van der Waals surface area contributed by atoms with E-state index in [0.29, 0.717) is 16.3 Å². The number of nitrogens with zero attached hydrogens (tertiary/aromatic N) is 2. The molecule has 0 aliphatic carbocycles. The van der Waals surface area contributed by atoms with Crippen molar-refractivity contribution < 1.29 is 23.8 Å². The highest BCUT2D eigenvalue weighted by Crippen LogP contribution is 2.37. The van der Waals surface area contributed by atoms with Crippen LogP contribution in [0.3, 0.4) is 0 Å². The summed E-state index contributed by atoms with van der Waals surface area (Å²) in [5.74, 6) is 0.566. The number of carbonyl (C=O) groups excluding carboxylic acids is 2. The Hall–Kier alpha value is -3.13. The van der Waals surface area contributed by atoms with Crippen molar-refractivity contribution in [3.8, 4) is 11.5 Å². The van der Waals surface area contributed by atoms with Gasteiger partial charge >= 0.3 is 5.97 Å². The van der Waals surface area contributed by atoms with Crippen molar-refractivity contribution in [1.82, 2.24) is 4.57 Å². The highest BCUT2D eigenvalue weighted by molar-refractivity contribution is 7.16. The Kier molecular flexibility index (Phi) is 5.12. The minimum atomic E-state index is -0.392. The fraction of sp³-hybridized carbons (Fsp3) is 0.250. The summed E-state index contributed by atoms with van der Waals surface area (Å²) in [5, 5.41) is 0. The third-order valence-electron chi connectivity index (χ3n) is 4.19. The summed E-state index contributed by atoms with van der Waals surface area (Å²) in [5.41, 5.74) is 1.63. The van der Waals surface area contributed by atoms with Crippen LogP contribution in [0.15, 0.2) is 47.5 Å². The molecule has 0 fully saturated rings. The Morgan fingerprint density at radius 1 is 1.18 bits per heavy atom. The van der Waals surface area contributed by atoms with Crippen LogP contribution in [0.1, 0.15) is 12.5 Å². The van der Waals surface area contributed by atoms with Gasteiger partial charge in [-0.2, -0.15) is 4.99 Å². The first kappa shape index (κ1) is 18.2. The lowest BCUT2D eigenvalue weighted by molar-refractivity contribution is -0.143. The molecule has 8 heteroatoms. The molecule has 0 bridgehead atoms. The lowest BCUT2D eigenvalue weighted by Gasteiger charge is -2.05. The van der Waals surface area contributed by atoms with E-state index in [2.05, 4.69) is 4.99 Å². The second-order valence-corrected chi connectivity index (χ2v) is 7.13. The first-order chi connectivity index (χ1) is 13.6. The van der Waals surface area contributed by atoms with E-state index in [1.54, 1.807) is 17.6 Å². The van der Waals surface area contributed by atoms with Crippen LogP contribution in [-0.4, -0.2) is 29.8 Å². The third-order valence-corrected chi connectivity index (χ3v) is 5.23. The normalized spacial score (nSPS) is 13.1. The second kappa shape index (κ2) is 7.85. The van der Waals surface area contributed by atoms with Crippen molar-refractivity contribution in [3.63, 3.8) is 0 Å². The smallest absolute Gasteiger partial charge is 0.326 e. The van der Waals surface area contributed by atoms with Gasteiger partial charge in [-0.1, -0.05) is 41.7 Å². The maximum Gasteiger partial charge on any atom is 0.326 e. The highest BCUT2D eigenvalue weighted by atomic mass is 32.1. The molecule has 7 nitrogen and oxygen atoms in total. The van der Waals surface area contributed by atoms with Crippen LogP contribution in [0.5, 0.6) is 11.5 Å². The molecule has 28 heavy (non-hydrogen) atoms. The largest absolute Gasteiger partial charge is 0.465 e. The number of fused-ring (bicyclic) bond motifs is 2. The van der Waals surface area contributed by atoms with E-state index in [-0.39, 0.29) is 32.3 Å². The summed E-state index contributed by atoms with van der Waals surface area (Å²) in [4.78, 5) is 29.3. The number of aromatic nitrogens is 1. The number of rotatable bonds is 5. The van der Waals surface area contributed by atoms with Crippen molar-refractivity contribution in [2.24, 2.45) is 4.99 Å². The Balaban J connectivity index is 1.75. The molecule has 4 rings (SSSR count). The van der Waals surface area contributed by atoms with E-state index < -0.39 is 5.97 Å². The average Bonchev–Trinajstić information content (AvgIpc) is 3.25. The molecule has 2 aromatic carbocycles. The molecular weight excluding hydrogens is 380 g/mol. The van der Waals surface area contributed by atoms with Crippen molar-refractivity contribution in [2.45, 2.75) is 19.9 Å². The number of thiazole rings is 1. The summed E-state index contributed by atoms with van der Waals surface area (Å²) in [6.45, 7) is 2.16. The summed E-state index contributed by atoms with van der Waals surface area (Å²) in [6.07, 6.45) is 0.192. The van der Waals surface area contributed by atoms with Gasteiger partial charge in [-0.3, -0.25) is 9.59 Å². The van der Waals surface area contributed by atoms with Gasteiger partial charge in [0.05, 0.1) is 23.2 Å². The molecule has 0 unspecified atom stereocenters. The van der Waals surface area contributed by atoms with Gasteiger partial charge in [0.1, 0.15) is 6.54 Å². The molecule has 0 atom stereocenters. The predicted molar refractivity (Wildman–Crippen MR) is 103 cm³/mol. The van der Waals surface area contributed by atoms with Crippen LogP contribution < -0.4 is 14.3 Å². The Morgan fingerprint density at radius 2 is 1.93 bits per heavy atom. The van der Waals surface area contributed by atoms with E-state index >= 15 is 0 Å². The molecule has 0 spiro atoms. The predicted octanol–water partition coefficient (Wildman–Crippen LogP) is 2.66.